The van der Waals surface area contributed by atoms with Crippen molar-refractivity contribution in [3.05, 3.63) is 59.7 Å². The van der Waals surface area contributed by atoms with Crippen molar-refractivity contribution in [2.45, 2.75) is 69.0 Å². The van der Waals surface area contributed by atoms with Crippen molar-refractivity contribution in [2.75, 3.05) is 0 Å². The van der Waals surface area contributed by atoms with Gasteiger partial charge in [-0.15, -0.1) is 0 Å². The molecular formula is C23H29N5. The molecule has 5 rings (SSSR count). The molecule has 1 fully saturated rings. The maximum atomic E-state index is 6.26. The second-order valence-electron chi connectivity index (χ2n) is 8.63. The molecule has 1 atom stereocenters. The van der Waals surface area contributed by atoms with Gasteiger partial charge >= 0.3 is 0 Å². The zero-order valence-corrected chi connectivity index (χ0v) is 16.3. The first kappa shape index (κ1) is 17.8. The molecule has 0 radical (unpaired) electrons. The van der Waals surface area contributed by atoms with Crippen LogP contribution in [0.4, 0.5) is 0 Å². The van der Waals surface area contributed by atoms with E-state index < -0.39 is 0 Å². The van der Waals surface area contributed by atoms with Crippen LogP contribution in [0, 0.1) is 0 Å². The molecule has 4 N–H and O–H groups in total. The van der Waals surface area contributed by atoms with Crippen molar-refractivity contribution < 1.29 is 0 Å². The molecule has 0 unspecified atom stereocenters. The molecule has 2 aliphatic rings. The normalized spacial score (nSPS) is 27.6. The van der Waals surface area contributed by atoms with Gasteiger partial charge in [0.2, 0.25) is 0 Å². The molecule has 0 aliphatic heterocycles. The smallest absolute Gasteiger partial charge is 0.109 e. The van der Waals surface area contributed by atoms with Gasteiger partial charge in [0.1, 0.15) is 5.82 Å². The van der Waals surface area contributed by atoms with E-state index in [-0.39, 0.29) is 5.54 Å². The molecule has 28 heavy (non-hydrogen) atoms. The van der Waals surface area contributed by atoms with Crippen LogP contribution < -0.4 is 11.1 Å². The van der Waals surface area contributed by atoms with Crippen molar-refractivity contribution in [3.8, 4) is 0 Å². The van der Waals surface area contributed by atoms with Crippen LogP contribution in [0.3, 0.4) is 0 Å². The third-order valence-corrected chi connectivity index (χ3v) is 6.61. The summed E-state index contributed by atoms with van der Waals surface area (Å²) in [5, 5.41) is 4.06. The van der Waals surface area contributed by atoms with Gasteiger partial charge in [-0.3, -0.25) is 4.98 Å². The number of imidazole rings is 1. The minimum Gasteiger partial charge on any atom is -0.342 e. The van der Waals surface area contributed by atoms with E-state index in [0.717, 1.165) is 61.8 Å². The van der Waals surface area contributed by atoms with Crippen LogP contribution in [0.5, 0.6) is 0 Å². The number of nitrogens with zero attached hydrogens (tertiary/aromatic N) is 2. The highest BCUT2D eigenvalue weighted by atomic mass is 15.1. The molecule has 2 aromatic heterocycles. The zero-order chi connectivity index (χ0) is 19.0. The van der Waals surface area contributed by atoms with Gasteiger partial charge in [-0.25, -0.2) is 4.98 Å². The summed E-state index contributed by atoms with van der Waals surface area (Å²) in [5.74, 6) is 1.07. The number of aromatic amines is 1. The Morgan fingerprint density at radius 1 is 1.11 bits per heavy atom. The summed E-state index contributed by atoms with van der Waals surface area (Å²) in [4.78, 5) is 13.1. The Kier molecular flexibility index (Phi) is 4.65. The maximum Gasteiger partial charge on any atom is 0.109 e. The minimum absolute atomic E-state index is 0.0283. The molecule has 3 aromatic rings. The molecule has 2 heterocycles. The van der Waals surface area contributed by atoms with Crippen LogP contribution in [0.15, 0.2) is 42.6 Å². The molecule has 0 spiro atoms. The number of nitrogens with two attached hydrogens (primary N) is 1. The van der Waals surface area contributed by atoms with Gasteiger partial charge in [-0.05, 0) is 68.7 Å². The van der Waals surface area contributed by atoms with Gasteiger partial charge in [0.15, 0.2) is 0 Å². The standard InChI is InChI=1S/C23H29N5/c24-17-10-12-23(13-11-17,15-21-26-18-7-1-2-8-19(18)27-21)28-20-9-3-5-16-6-4-14-25-22(16)20/h1-2,4,6-8,14,17,20,28H,3,5,9-13,15,24H2,(H,26,27)/t17-,20-,23-/m0/s1. The number of para-hydroxylation sites is 2. The van der Waals surface area contributed by atoms with Crippen LogP contribution in [0.2, 0.25) is 0 Å². The van der Waals surface area contributed by atoms with Gasteiger partial charge in [0.25, 0.3) is 0 Å². The Labute approximate surface area is 166 Å². The third kappa shape index (κ3) is 3.45. The van der Waals surface area contributed by atoms with E-state index in [1.165, 1.54) is 17.7 Å². The summed E-state index contributed by atoms with van der Waals surface area (Å²) in [6.45, 7) is 0. The Morgan fingerprint density at radius 2 is 1.96 bits per heavy atom. The predicted octanol–water partition coefficient (Wildman–Crippen LogP) is 3.81. The SMILES string of the molecule is N[C@H]1CC[C@](Cc2nc3ccccc3[nH]2)(N[C@H]2CCCc3cccnc32)CC1. The lowest BCUT2D eigenvalue weighted by atomic mass is 9.76. The molecule has 2 aliphatic carbocycles. The summed E-state index contributed by atoms with van der Waals surface area (Å²) in [5.41, 5.74) is 11.1. The lowest BCUT2D eigenvalue weighted by molar-refractivity contribution is 0.181. The van der Waals surface area contributed by atoms with E-state index in [9.17, 15) is 0 Å². The Morgan fingerprint density at radius 3 is 2.82 bits per heavy atom. The van der Waals surface area contributed by atoms with Crippen LogP contribution in [-0.4, -0.2) is 26.5 Å². The second-order valence-corrected chi connectivity index (χ2v) is 8.63. The lowest BCUT2D eigenvalue weighted by Crippen LogP contribution is -2.53. The van der Waals surface area contributed by atoms with E-state index in [1.807, 2.05) is 12.3 Å². The van der Waals surface area contributed by atoms with Gasteiger partial charge in [-0.2, -0.15) is 0 Å². The van der Waals surface area contributed by atoms with Gasteiger partial charge in [0.05, 0.1) is 22.8 Å². The third-order valence-electron chi connectivity index (χ3n) is 6.61. The van der Waals surface area contributed by atoms with E-state index >= 15 is 0 Å². The lowest BCUT2D eigenvalue weighted by Gasteiger charge is -2.43. The van der Waals surface area contributed by atoms with Crippen LogP contribution >= 0.6 is 0 Å². The summed E-state index contributed by atoms with van der Waals surface area (Å²) in [6.07, 6.45) is 10.7. The predicted molar refractivity (Wildman–Crippen MR) is 112 cm³/mol. The van der Waals surface area contributed by atoms with Crippen LogP contribution in [0.25, 0.3) is 11.0 Å². The number of rotatable bonds is 4. The number of aromatic nitrogens is 3. The fourth-order valence-corrected chi connectivity index (χ4v) is 5.09. The number of nitrogens with one attached hydrogen (secondary N) is 2. The summed E-state index contributed by atoms with van der Waals surface area (Å²) < 4.78 is 0. The molecule has 0 amide bonds. The Hall–Kier alpha value is -2.24. The number of pyridine rings is 1. The second kappa shape index (κ2) is 7.30. The van der Waals surface area contributed by atoms with E-state index in [4.69, 9.17) is 15.7 Å². The van der Waals surface area contributed by atoms with E-state index in [1.54, 1.807) is 0 Å². The number of H-pyrrole nitrogens is 1. The first-order chi connectivity index (χ1) is 13.7. The van der Waals surface area contributed by atoms with Crippen LogP contribution in [-0.2, 0) is 12.8 Å². The summed E-state index contributed by atoms with van der Waals surface area (Å²) in [6, 6.07) is 13.2. The van der Waals surface area contributed by atoms with Crippen LogP contribution in [0.1, 0.15) is 61.6 Å². The zero-order valence-electron chi connectivity index (χ0n) is 16.3. The maximum absolute atomic E-state index is 6.26. The first-order valence-corrected chi connectivity index (χ1v) is 10.6. The van der Waals surface area contributed by atoms with Crippen molar-refractivity contribution in [3.63, 3.8) is 0 Å². The minimum atomic E-state index is 0.0283. The number of hydrogen-bond donors (Lipinski definition) is 3. The molecule has 0 saturated heterocycles. The molecular weight excluding hydrogens is 346 g/mol. The highest BCUT2D eigenvalue weighted by molar-refractivity contribution is 5.74. The summed E-state index contributed by atoms with van der Waals surface area (Å²) >= 11 is 0. The van der Waals surface area contributed by atoms with Crippen molar-refractivity contribution in [2.24, 2.45) is 5.73 Å². The highest BCUT2D eigenvalue weighted by Crippen LogP contribution is 2.36. The molecule has 5 nitrogen and oxygen atoms in total. The average molecular weight is 376 g/mol. The monoisotopic (exact) mass is 375 g/mol. The highest BCUT2D eigenvalue weighted by Gasteiger charge is 2.38. The largest absolute Gasteiger partial charge is 0.342 e. The van der Waals surface area contributed by atoms with Gasteiger partial charge < -0.3 is 16.0 Å². The Balaban J connectivity index is 1.44. The Bertz CT molecular complexity index is 921. The molecule has 1 aromatic carbocycles. The average Bonchev–Trinajstić information content (AvgIpc) is 3.13. The molecule has 5 heteroatoms. The van der Waals surface area contributed by atoms with Crippen molar-refractivity contribution in [1.82, 2.24) is 20.3 Å². The topological polar surface area (TPSA) is 79.6 Å². The number of aryl methyl sites for hydroxylation is 1. The van der Waals surface area contributed by atoms with Gasteiger partial charge in [-0.1, -0.05) is 18.2 Å². The fraction of sp³-hybridized carbons (Fsp3) is 0.478. The fourth-order valence-electron chi connectivity index (χ4n) is 5.09. The quantitative estimate of drug-likeness (QED) is 0.648. The molecule has 1 saturated carbocycles. The van der Waals surface area contributed by atoms with Gasteiger partial charge in [0, 0.05) is 24.2 Å². The first-order valence-electron chi connectivity index (χ1n) is 10.6. The van der Waals surface area contributed by atoms with E-state index in [0.29, 0.717) is 12.1 Å². The van der Waals surface area contributed by atoms with Crippen molar-refractivity contribution >= 4 is 11.0 Å². The number of hydrogen-bond acceptors (Lipinski definition) is 4. The molecule has 0 bridgehead atoms. The number of fused-ring (bicyclic) bond motifs is 2. The van der Waals surface area contributed by atoms with E-state index in [2.05, 4.69) is 40.6 Å². The summed E-state index contributed by atoms with van der Waals surface area (Å²) in [7, 11) is 0. The van der Waals surface area contributed by atoms with Crippen molar-refractivity contribution in [1.29, 1.82) is 0 Å². The molecule has 146 valence electrons. The number of benzene rings is 1.